The van der Waals surface area contributed by atoms with Crippen molar-refractivity contribution < 1.29 is 0 Å². The van der Waals surface area contributed by atoms with E-state index in [2.05, 4.69) is 28.5 Å². The first-order valence-corrected chi connectivity index (χ1v) is 8.36. The predicted octanol–water partition coefficient (Wildman–Crippen LogP) is 3.12. The third-order valence-electron chi connectivity index (χ3n) is 4.72. The molecule has 0 spiro atoms. The largest absolute Gasteiger partial charge is 0.384 e. The summed E-state index contributed by atoms with van der Waals surface area (Å²) in [7, 11) is 1.96. The van der Waals surface area contributed by atoms with Gasteiger partial charge in [-0.2, -0.15) is 0 Å². The Morgan fingerprint density at radius 1 is 1.42 bits per heavy atom. The van der Waals surface area contributed by atoms with E-state index in [0.29, 0.717) is 0 Å². The van der Waals surface area contributed by atoms with Gasteiger partial charge >= 0.3 is 0 Å². The monoisotopic (exact) mass is 338 g/mol. The number of nitrogens with one attached hydrogen (secondary N) is 1. The molecule has 2 aromatic rings. The van der Waals surface area contributed by atoms with Gasteiger partial charge in [0.25, 0.3) is 0 Å². The zero-order valence-electron chi connectivity index (χ0n) is 13.4. The number of imidazole rings is 1. The minimum atomic E-state index is -0.264. The number of nitrogens with two attached hydrogens (primary N) is 1. The third-order valence-corrected chi connectivity index (χ3v) is 4.96. The Morgan fingerprint density at radius 3 is 3.08 bits per heavy atom. The van der Waals surface area contributed by atoms with Crippen LogP contribution in [0.4, 0.5) is 0 Å². The van der Waals surface area contributed by atoms with Gasteiger partial charge in [-0.1, -0.05) is 29.8 Å². The van der Waals surface area contributed by atoms with Crippen LogP contribution >= 0.6 is 11.6 Å². The number of hydrogen-bond acceptors (Lipinski definition) is 3. The summed E-state index contributed by atoms with van der Waals surface area (Å²) in [4.78, 5) is 4.21. The Bertz CT molecular complexity index is 875. The molecule has 0 amide bonds. The van der Waals surface area contributed by atoms with Crippen LogP contribution in [0.2, 0.25) is 5.02 Å². The molecule has 24 heavy (non-hydrogen) atoms. The van der Waals surface area contributed by atoms with Crippen LogP contribution in [0.15, 0.2) is 60.7 Å². The Morgan fingerprint density at radius 2 is 2.29 bits per heavy atom. The second-order valence-corrected chi connectivity index (χ2v) is 6.69. The lowest BCUT2D eigenvalue weighted by atomic mass is 9.93. The first-order chi connectivity index (χ1) is 11.6. The van der Waals surface area contributed by atoms with Gasteiger partial charge in [0.1, 0.15) is 0 Å². The highest BCUT2D eigenvalue weighted by Crippen LogP contribution is 2.37. The zero-order valence-corrected chi connectivity index (χ0v) is 14.2. The Hall–Kier alpha value is -2.30. The highest BCUT2D eigenvalue weighted by atomic mass is 35.5. The topological polar surface area (TPSA) is 55.9 Å². The molecule has 2 heterocycles. The van der Waals surface area contributed by atoms with E-state index >= 15 is 0 Å². The second-order valence-electron chi connectivity index (χ2n) is 6.26. The van der Waals surface area contributed by atoms with Crippen LogP contribution in [0.25, 0.3) is 5.57 Å². The molecule has 122 valence electrons. The van der Waals surface area contributed by atoms with Crippen molar-refractivity contribution >= 4 is 17.2 Å². The maximum atomic E-state index is 6.63. The molecule has 0 bridgehead atoms. The van der Waals surface area contributed by atoms with Gasteiger partial charge in [-0.05, 0) is 53.1 Å². The Balaban J connectivity index is 1.89. The van der Waals surface area contributed by atoms with Crippen LogP contribution in [0.1, 0.15) is 22.9 Å². The fourth-order valence-corrected chi connectivity index (χ4v) is 3.60. The number of aromatic nitrogens is 2. The van der Waals surface area contributed by atoms with Crippen molar-refractivity contribution in [1.82, 2.24) is 14.9 Å². The van der Waals surface area contributed by atoms with Gasteiger partial charge in [0.2, 0.25) is 0 Å². The number of nitrogens with zero attached hydrogens (tertiary/aromatic N) is 2. The van der Waals surface area contributed by atoms with Gasteiger partial charge in [0.05, 0.1) is 30.3 Å². The lowest BCUT2D eigenvalue weighted by Crippen LogP contribution is -2.29. The summed E-state index contributed by atoms with van der Waals surface area (Å²) < 4.78 is 1.96. The first kappa shape index (κ1) is 15.2. The molecule has 0 radical (unpaired) electrons. The molecule has 1 aromatic carbocycles. The summed E-state index contributed by atoms with van der Waals surface area (Å²) in [6.45, 7) is 0. The van der Waals surface area contributed by atoms with Crippen molar-refractivity contribution in [2.45, 2.75) is 18.5 Å². The summed E-state index contributed by atoms with van der Waals surface area (Å²) in [5, 5.41) is 4.16. The van der Waals surface area contributed by atoms with Crippen molar-refractivity contribution in [3.8, 4) is 0 Å². The molecule has 0 saturated carbocycles. The Kier molecular flexibility index (Phi) is 3.79. The van der Waals surface area contributed by atoms with Gasteiger partial charge in [0, 0.05) is 12.1 Å². The molecule has 2 aliphatic rings. The molecular weight excluding hydrogens is 320 g/mol. The molecule has 3 N–H and O–H groups in total. The zero-order chi connectivity index (χ0) is 16.7. The summed E-state index contributed by atoms with van der Waals surface area (Å²) in [6.07, 6.45) is 12.9. The number of allylic oxidation sites excluding steroid dienone is 2. The van der Waals surface area contributed by atoms with E-state index in [9.17, 15) is 0 Å². The average Bonchev–Trinajstić information content (AvgIpc) is 2.93. The normalized spacial score (nSPS) is 20.2. The van der Waals surface area contributed by atoms with Crippen LogP contribution < -0.4 is 11.1 Å². The molecule has 1 unspecified atom stereocenters. The maximum Gasteiger partial charge on any atom is 0.0946 e. The van der Waals surface area contributed by atoms with Crippen LogP contribution in [0, 0.1) is 0 Å². The minimum absolute atomic E-state index is 0.256. The first-order valence-electron chi connectivity index (χ1n) is 7.98. The smallest absolute Gasteiger partial charge is 0.0946 e. The summed E-state index contributed by atoms with van der Waals surface area (Å²) >= 11 is 6.28. The number of dihydropyridines is 1. The third kappa shape index (κ3) is 2.58. The van der Waals surface area contributed by atoms with Gasteiger partial charge in [0.15, 0.2) is 0 Å². The lowest BCUT2D eigenvalue weighted by Gasteiger charge is -2.20. The fourth-order valence-electron chi connectivity index (χ4n) is 3.43. The van der Waals surface area contributed by atoms with Crippen LogP contribution in [0.3, 0.4) is 0 Å². The second kappa shape index (κ2) is 5.96. The number of halogens is 1. The molecular formula is C19H19ClN4. The van der Waals surface area contributed by atoms with Crippen LogP contribution in [-0.4, -0.2) is 15.6 Å². The van der Waals surface area contributed by atoms with E-state index in [0.717, 1.165) is 28.3 Å². The molecule has 1 aromatic heterocycles. The molecule has 1 aliphatic heterocycles. The SMILES string of the molecule is Cn1cncc1[C@H](N)C1=CC2=CC=CNC2Cc2ccc(Cl)cc21. The summed E-state index contributed by atoms with van der Waals surface area (Å²) in [6, 6.07) is 6.06. The number of hydrogen-bond donors (Lipinski definition) is 2. The quantitative estimate of drug-likeness (QED) is 0.884. The van der Waals surface area contributed by atoms with Crippen molar-refractivity contribution in [1.29, 1.82) is 0 Å². The number of benzene rings is 1. The van der Waals surface area contributed by atoms with Gasteiger partial charge in [-0.25, -0.2) is 4.98 Å². The summed E-state index contributed by atoms with van der Waals surface area (Å²) in [5.74, 6) is 0. The van der Waals surface area contributed by atoms with Crippen LogP contribution in [-0.2, 0) is 13.5 Å². The lowest BCUT2D eigenvalue weighted by molar-refractivity contribution is 0.668. The molecule has 4 rings (SSSR count). The molecule has 5 heteroatoms. The average molecular weight is 339 g/mol. The maximum absolute atomic E-state index is 6.63. The van der Waals surface area contributed by atoms with Crippen molar-refractivity contribution in [3.63, 3.8) is 0 Å². The molecule has 0 saturated heterocycles. The van der Waals surface area contributed by atoms with Crippen molar-refractivity contribution in [2.75, 3.05) is 0 Å². The van der Waals surface area contributed by atoms with Gasteiger partial charge in [-0.15, -0.1) is 0 Å². The number of rotatable bonds is 2. The van der Waals surface area contributed by atoms with E-state index in [4.69, 9.17) is 17.3 Å². The fraction of sp³-hybridized carbons (Fsp3) is 0.211. The number of aryl methyl sites for hydroxylation is 1. The summed E-state index contributed by atoms with van der Waals surface area (Å²) in [5.41, 5.74) is 12.3. The number of fused-ring (bicyclic) bond motifs is 2. The molecule has 1 aliphatic carbocycles. The highest BCUT2D eigenvalue weighted by Gasteiger charge is 2.26. The molecule has 0 fully saturated rings. The molecule has 2 atom stereocenters. The van der Waals surface area contributed by atoms with E-state index in [-0.39, 0.29) is 12.1 Å². The minimum Gasteiger partial charge on any atom is -0.384 e. The highest BCUT2D eigenvalue weighted by molar-refractivity contribution is 6.30. The van der Waals surface area contributed by atoms with Crippen LogP contribution in [0.5, 0.6) is 0 Å². The standard InChI is InChI=1S/C19H19ClN4/c1-24-11-22-10-18(24)19(21)16-7-13-3-2-6-23-17(13)8-12-4-5-14(20)9-15(12)16/h2-7,9-11,17,19,23H,8,21H2,1H3/t17?,19-/m1/s1. The van der Waals surface area contributed by atoms with E-state index in [1.807, 2.05) is 42.2 Å². The van der Waals surface area contributed by atoms with E-state index in [1.165, 1.54) is 11.1 Å². The van der Waals surface area contributed by atoms with E-state index in [1.54, 1.807) is 6.33 Å². The Labute approximate surface area is 146 Å². The van der Waals surface area contributed by atoms with E-state index < -0.39 is 0 Å². The van der Waals surface area contributed by atoms with Crippen molar-refractivity contribution in [3.05, 3.63) is 82.6 Å². The predicted molar refractivity (Wildman–Crippen MR) is 97.4 cm³/mol. The van der Waals surface area contributed by atoms with Gasteiger partial charge in [-0.3, -0.25) is 0 Å². The molecule has 4 nitrogen and oxygen atoms in total. The van der Waals surface area contributed by atoms with Gasteiger partial charge < -0.3 is 15.6 Å². The van der Waals surface area contributed by atoms with Crippen molar-refractivity contribution in [2.24, 2.45) is 12.8 Å².